The molecule has 2 nitrogen and oxygen atoms in total. The van der Waals surface area contributed by atoms with Crippen LogP contribution in [-0.2, 0) is 12.0 Å². The van der Waals surface area contributed by atoms with Crippen molar-refractivity contribution in [1.29, 1.82) is 0 Å². The van der Waals surface area contributed by atoms with Gasteiger partial charge in [-0.05, 0) is 62.1 Å². The van der Waals surface area contributed by atoms with Crippen molar-refractivity contribution in [1.82, 2.24) is 5.32 Å². The molecule has 0 saturated carbocycles. The van der Waals surface area contributed by atoms with Crippen LogP contribution in [0.2, 0.25) is 0 Å². The minimum Gasteiger partial charge on any atom is -0.350 e. The van der Waals surface area contributed by atoms with Crippen LogP contribution in [0.15, 0.2) is 60.7 Å². The summed E-state index contributed by atoms with van der Waals surface area (Å²) in [5, 5.41) is 3.73. The number of hydrogen-bond acceptors (Lipinski definition) is 2. The zero-order valence-electron chi connectivity index (χ0n) is 14.8. The standard InChI is InChI=1S/C22H25FN2/c1-16(2)11-12-22-13-14-24-21(22)25(20-6-4-3-5-19(20)22)15-17-7-9-18(23)10-8-17/h3-10,21,24H,1,11-15H2,2H3. The topological polar surface area (TPSA) is 15.3 Å². The van der Waals surface area contributed by atoms with E-state index in [1.165, 1.54) is 16.8 Å². The van der Waals surface area contributed by atoms with E-state index in [2.05, 4.69) is 48.0 Å². The van der Waals surface area contributed by atoms with Crippen LogP contribution in [0.5, 0.6) is 0 Å². The molecule has 0 aliphatic carbocycles. The zero-order chi connectivity index (χ0) is 17.4. The van der Waals surface area contributed by atoms with Crippen molar-refractivity contribution in [3.63, 3.8) is 0 Å². The SMILES string of the molecule is C=C(C)CCC12CCNC1N(Cc1ccc(F)cc1)c1ccccc12. The van der Waals surface area contributed by atoms with Gasteiger partial charge in [0.05, 0.1) is 6.17 Å². The number of nitrogens with one attached hydrogen (secondary N) is 1. The van der Waals surface area contributed by atoms with Crippen LogP contribution in [0.1, 0.15) is 37.3 Å². The Kier molecular flexibility index (Phi) is 4.12. The van der Waals surface area contributed by atoms with E-state index in [9.17, 15) is 4.39 Å². The molecule has 2 aliphatic heterocycles. The lowest BCUT2D eigenvalue weighted by Crippen LogP contribution is -2.47. The first-order chi connectivity index (χ1) is 12.1. The Morgan fingerprint density at radius 2 is 2.00 bits per heavy atom. The zero-order valence-corrected chi connectivity index (χ0v) is 14.8. The van der Waals surface area contributed by atoms with Gasteiger partial charge in [0, 0.05) is 17.6 Å². The van der Waals surface area contributed by atoms with Gasteiger partial charge in [0.2, 0.25) is 0 Å². The van der Waals surface area contributed by atoms with Crippen molar-refractivity contribution in [3.05, 3.63) is 77.6 Å². The third kappa shape index (κ3) is 2.77. The number of rotatable bonds is 5. The summed E-state index contributed by atoms with van der Waals surface area (Å²) < 4.78 is 13.3. The van der Waals surface area contributed by atoms with Gasteiger partial charge in [-0.25, -0.2) is 4.39 Å². The fourth-order valence-electron chi connectivity index (χ4n) is 4.53. The molecule has 0 spiro atoms. The normalized spacial score (nSPS) is 24.2. The number of para-hydroxylation sites is 1. The van der Waals surface area contributed by atoms with Crippen molar-refractivity contribution < 1.29 is 4.39 Å². The van der Waals surface area contributed by atoms with E-state index >= 15 is 0 Å². The summed E-state index contributed by atoms with van der Waals surface area (Å²) in [6, 6.07) is 15.7. The highest BCUT2D eigenvalue weighted by atomic mass is 19.1. The molecular weight excluding hydrogens is 311 g/mol. The van der Waals surface area contributed by atoms with Gasteiger partial charge in [0.25, 0.3) is 0 Å². The van der Waals surface area contributed by atoms with E-state index < -0.39 is 0 Å². The number of nitrogens with zero attached hydrogens (tertiary/aromatic N) is 1. The predicted molar refractivity (Wildman–Crippen MR) is 101 cm³/mol. The fraction of sp³-hybridized carbons (Fsp3) is 0.364. The first-order valence-electron chi connectivity index (χ1n) is 9.08. The minimum atomic E-state index is -0.180. The maximum atomic E-state index is 13.3. The molecule has 2 aliphatic rings. The predicted octanol–water partition coefficient (Wildman–Crippen LogP) is 4.76. The monoisotopic (exact) mass is 336 g/mol. The summed E-state index contributed by atoms with van der Waals surface area (Å²) in [6.45, 7) is 8.06. The molecule has 2 heterocycles. The quantitative estimate of drug-likeness (QED) is 0.792. The largest absolute Gasteiger partial charge is 0.350 e. The lowest BCUT2D eigenvalue weighted by molar-refractivity contribution is 0.357. The highest BCUT2D eigenvalue weighted by Crippen LogP contribution is 2.52. The van der Waals surface area contributed by atoms with Gasteiger partial charge in [-0.1, -0.05) is 35.9 Å². The number of benzene rings is 2. The molecular formula is C22H25FN2. The molecule has 130 valence electrons. The van der Waals surface area contributed by atoms with Crippen LogP contribution in [-0.4, -0.2) is 12.7 Å². The van der Waals surface area contributed by atoms with Gasteiger partial charge >= 0.3 is 0 Å². The van der Waals surface area contributed by atoms with Crippen molar-refractivity contribution >= 4 is 5.69 Å². The first-order valence-corrected chi connectivity index (χ1v) is 9.08. The van der Waals surface area contributed by atoms with Gasteiger partial charge in [-0.15, -0.1) is 6.58 Å². The molecule has 2 aromatic rings. The molecule has 25 heavy (non-hydrogen) atoms. The summed E-state index contributed by atoms with van der Waals surface area (Å²) in [4.78, 5) is 2.47. The average molecular weight is 336 g/mol. The highest BCUT2D eigenvalue weighted by Gasteiger charge is 2.52. The van der Waals surface area contributed by atoms with Gasteiger partial charge in [-0.2, -0.15) is 0 Å². The van der Waals surface area contributed by atoms with E-state index in [4.69, 9.17) is 0 Å². The Morgan fingerprint density at radius 1 is 1.24 bits per heavy atom. The summed E-state index contributed by atoms with van der Waals surface area (Å²) in [6.07, 6.45) is 3.63. The van der Waals surface area contributed by atoms with Crippen molar-refractivity contribution in [2.75, 3.05) is 11.4 Å². The summed E-state index contributed by atoms with van der Waals surface area (Å²) in [5.41, 5.74) is 5.30. The molecule has 0 aromatic heterocycles. The van der Waals surface area contributed by atoms with Crippen molar-refractivity contribution in [2.45, 2.75) is 44.3 Å². The van der Waals surface area contributed by atoms with E-state index in [0.717, 1.165) is 37.9 Å². The minimum absolute atomic E-state index is 0.148. The molecule has 1 fully saturated rings. The third-order valence-corrected chi connectivity index (χ3v) is 5.76. The number of fused-ring (bicyclic) bond motifs is 3. The molecule has 0 bridgehead atoms. The fourth-order valence-corrected chi connectivity index (χ4v) is 4.53. The third-order valence-electron chi connectivity index (χ3n) is 5.76. The van der Waals surface area contributed by atoms with Gasteiger partial charge in [0.15, 0.2) is 0 Å². The van der Waals surface area contributed by atoms with Crippen LogP contribution >= 0.6 is 0 Å². The van der Waals surface area contributed by atoms with Crippen LogP contribution in [0.4, 0.5) is 10.1 Å². The molecule has 0 radical (unpaired) electrons. The van der Waals surface area contributed by atoms with Gasteiger partial charge in [0.1, 0.15) is 5.82 Å². The van der Waals surface area contributed by atoms with Crippen LogP contribution in [0, 0.1) is 5.82 Å². The summed E-state index contributed by atoms with van der Waals surface area (Å²) in [7, 11) is 0. The Balaban J connectivity index is 1.71. The second-order valence-corrected chi connectivity index (χ2v) is 7.49. The van der Waals surface area contributed by atoms with Crippen molar-refractivity contribution in [2.24, 2.45) is 0 Å². The van der Waals surface area contributed by atoms with Crippen LogP contribution < -0.4 is 10.2 Å². The van der Waals surface area contributed by atoms with E-state index in [1.807, 2.05) is 12.1 Å². The lowest BCUT2D eigenvalue weighted by Gasteiger charge is -2.34. The van der Waals surface area contributed by atoms with Crippen LogP contribution in [0.25, 0.3) is 0 Å². The number of halogens is 1. The Morgan fingerprint density at radius 3 is 2.76 bits per heavy atom. The van der Waals surface area contributed by atoms with E-state index in [1.54, 1.807) is 12.1 Å². The maximum absolute atomic E-state index is 13.3. The van der Waals surface area contributed by atoms with Gasteiger partial charge < -0.3 is 4.90 Å². The molecule has 2 unspecified atom stereocenters. The molecule has 0 amide bonds. The van der Waals surface area contributed by atoms with Crippen molar-refractivity contribution in [3.8, 4) is 0 Å². The summed E-state index contributed by atoms with van der Waals surface area (Å²) >= 11 is 0. The molecule has 1 saturated heterocycles. The van der Waals surface area contributed by atoms with Gasteiger partial charge in [-0.3, -0.25) is 5.32 Å². The Hall–Kier alpha value is -2.13. The second kappa shape index (κ2) is 6.30. The number of hydrogen-bond donors (Lipinski definition) is 1. The molecule has 1 N–H and O–H groups in total. The average Bonchev–Trinajstić information content (AvgIpc) is 3.13. The Bertz CT molecular complexity index is 783. The molecule has 4 rings (SSSR count). The van der Waals surface area contributed by atoms with E-state index in [-0.39, 0.29) is 11.2 Å². The maximum Gasteiger partial charge on any atom is 0.123 e. The molecule has 2 aromatic carbocycles. The Labute approximate surface area is 149 Å². The summed E-state index contributed by atoms with van der Waals surface area (Å²) in [5.74, 6) is -0.180. The first kappa shape index (κ1) is 16.3. The molecule has 3 heteroatoms. The van der Waals surface area contributed by atoms with Crippen LogP contribution in [0.3, 0.4) is 0 Å². The lowest BCUT2D eigenvalue weighted by atomic mass is 9.75. The second-order valence-electron chi connectivity index (χ2n) is 7.49. The highest BCUT2D eigenvalue weighted by molar-refractivity contribution is 5.65. The van der Waals surface area contributed by atoms with E-state index in [0.29, 0.717) is 6.17 Å². The molecule has 2 atom stereocenters. The number of allylic oxidation sites excluding steroid dienone is 1. The number of anilines is 1. The smallest absolute Gasteiger partial charge is 0.123 e.